The van der Waals surface area contributed by atoms with Crippen molar-refractivity contribution in [3.8, 4) is 0 Å². The maximum Gasteiger partial charge on any atom is 0.0107 e. The molecule has 0 aliphatic carbocycles. The highest BCUT2D eigenvalue weighted by Crippen LogP contribution is 2.12. The minimum Gasteiger partial charge on any atom is -0.314 e. The topological polar surface area (TPSA) is 12.0 Å². The molecule has 0 aliphatic heterocycles. The molecule has 0 fully saturated rings. The maximum atomic E-state index is 3.64. The standard InChI is InChI=1S/C18H31N/c1-4-7-8-9-10-18(19-6-3)15-17-13-11-16(5-2)12-14-17/h11-14,18-19H,4-10,15H2,1-3H3. The number of rotatable bonds is 10. The van der Waals surface area contributed by atoms with E-state index in [1.54, 1.807) is 0 Å². The average Bonchev–Trinajstić information content (AvgIpc) is 2.44. The van der Waals surface area contributed by atoms with Gasteiger partial charge < -0.3 is 5.32 Å². The zero-order valence-electron chi connectivity index (χ0n) is 13.0. The quantitative estimate of drug-likeness (QED) is 0.600. The molecule has 108 valence electrons. The molecule has 19 heavy (non-hydrogen) atoms. The monoisotopic (exact) mass is 261 g/mol. The number of aryl methyl sites for hydroxylation is 1. The van der Waals surface area contributed by atoms with Crippen LogP contribution in [0, 0.1) is 0 Å². The van der Waals surface area contributed by atoms with Crippen molar-refractivity contribution in [1.29, 1.82) is 0 Å². The maximum absolute atomic E-state index is 3.64. The molecule has 0 saturated heterocycles. The zero-order valence-corrected chi connectivity index (χ0v) is 13.0. The molecular weight excluding hydrogens is 230 g/mol. The molecule has 0 aromatic heterocycles. The van der Waals surface area contributed by atoms with Crippen LogP contribution in [0.4, 0.5) is 0 Å². The Bertz CT molecular complexity index is 315. The third-order valence-corrected chi connectivity index (χ3v) is 3.81. The normalized spacial score (nSPS) is 12.6. The lowest BCUT2D eigenvalue weighted by Gasteiger charge is -2.18. The Labute approximate surface area is 119 Å². The van der Waals surface area contributed by atoms with Gasteiger partial charge in [0.2, 0.25) is 0 Å². The van der Waals surface area contributed by atoms with Crippen LogP contribution < -0.4 is 5.32 Å². The summed E-state index contributed by atoms with van der Waals surface area (Å²) in [5, 5.41) is 3.64. The summed E-state index contributed by atoms with van der Waals surface area (Å²) in [5.41, 5.74) is 2.91. The molecule has 0 bridgehead atoms. The molecule has 1 N–H and O–H groups in total. The van der Waals surface area contributed by atoms with Crippen molar-refractivity contribution in [2.24, 2.45) is 0 Å². The van der Waals surface area contributed by atoms with Crippen LogP contribution >= 0.6 is 0 Å². The number of nitrogens with one attached hydrogen (secondary N) is 1. The van der Waals surface area contributed by atoms with Crippen LogP contribution in [-0.2, 0) is 12.8 Å². The molecular formula is C18H31N. The fourth-order valence-corrected chi connectivity index (χ4v) is 2.58. The first-order valence-electron chi connectivity index (χ1n) is 8.11. The minimum atomic E-state index is 0.648. The molecule has 1 aromatic rings. The number of likely N-dealkylation sites (N-methyl/N-ethyl adjacent to an activating group) is 1. The van der Waals surface area contributed by atoms with E-state index < -0.39 is 0 Å². The Morgan fingerprint density at radius 3 is 2.16 bits per heavy atom. The van der Waals surface area contributed by atoms with Gasteiger partial charge in [-0.15, -0.1) is 0 Å². The van der Waals surface area contributed by atoms with Crippen molar-refractivity contribution in [3.63, 3.8) is 0 Å². The second-order valence-corrected chi connectivity index (χ2v) is 5.48. The van der Waals surface area contributed by atoms with Crippen molar-refractivity contribution in [2.75, 3.05) is 6.54 Å². The predicted molar refractivity (Wildman–Crippen MR) is 85.7 cm³/mol. The molecule has 0 saturated carbocycles. The van der Waals surface area contributed by atoms with E-state index in [4.69, 9.17) is 0 Å². The third-order valence-electron chi connectivity index (χ3n) is 3.81. The van der Waals surface area contributed by atoms with Crippen LogP contribution in [0.2, 0.25) is 0 Å². The van der Waals surface area contributed by atoms with Gasteiger partial charge in [0.1, 0.15) is 0 Å². The van der Waals surface area contributed by atoms with Gasteiger partial charge in [-0.3, -0.25) is 0 Å². The second-order valence-electron chi connectivity index (χ2n) is 5.48. The summed E-state index contributed by atoms with van der Waals surface area (Å²) in [6.07, 6.45) is 9.06. The van der Waals surface area contributed by atoms with E-state index in [-0.39, 0.29) is 0 Å². The first kappa shape index (κ1) is 16.2. The number of hydrogen-bond donors (Lipinski definition) is 1. The molecule has 0 spiro atoms. The van der Waals surface area contributed by atoms with Crippen molar-refractivity contribution < 1.29 is 0 Å². The molecule has 1 heteroatoms. The van der Waals surface area contributed by atoms with Crippen molar-refractivity contribution in [1.82, 2.24) is 5.32 Å². The van der Waals surface area contributed by atoms with Gasteiger partial charge in [0.15, 0.2) is 0 Å². The number of benzene rings is 1. The first-order chi connectivity index (χ1) is 9.30. The van der Waals surface area contributed by atoms with Crippen LogP contribution in [0.1, 0.15) is 64.0 Å². The van der Waals surface area contributed by atoms with Crippen LogP contribution in [-0.4, -0.2) is 12.6 Å². The van der Waals surface area contributed by atoms with Gasteiger partial charge in [-0.2, -0.15) is 0 Å². The lowest BCUT2D eigenvalue weighted by molar-refractivity contribution is 0.463. The number of unbranched alkanes of at least 4 members (excludes halogenated alkanes) is 3. The Hall–Kier alpha value is -0.820. The van der Waals surface area contributed by atoms with Gasteiger partial charge >= 0.3 is 0 Å². The van der Waals surface area contributed by atoms with E-state index in [0.29, 0.717) is 6.04 Å². The summed E-state index contributed by atoms with van der Waals surface area (Å²) in [5.74, 6) is 0. The van der Waals surface area contributed by atoms with Crippen LogP contribution in [0.3, 0.4) is 0 Å². The van der Waals surface area contributed by atoms with Crippen molar-refractivity contribution in [3.05, 3.63) is 35.4 Å². The molecule has 1 nitrogen and oxygen atoms in total. The fourth-order valence-electron chi connectivity index (χ4n) is 2.58. The molecule has 1 unspecified atom stereocenters. The first-order valence-corrected chi connectivity index (χ1v) is 8.11. The molecule has 1 rings (SSSR count). The SMILES string of the molecule is CCCCCCC(Cc1ccc(CC)cc1)NCC. The van der Waals surface area contributed by atoms with E-state index in [1.807, 2.05) is 0 Å². The lowest BCUT2D eigenvalue weighted by atomic mass is 9.99. The Morgan fingerprint density at radius 1 is 0.895 bits per heavy atom. The molecule has 1 atom stereocenters. The van der Waals surface area contributed by atoms with Gasteiger partial charge in [0.25, 0.3) is 0 Å². The zero-order chi connectivity index (χ0) is 13.9. The largest absolute Gasteiger partial charge is 0.314 e. The van der Waals surface area contributed by atoms with E-state index in [0.717, 1.165) is 13.0 Å². The molecule has 0 radical (unpaired) electrons. The molecule has 0 amide bonds. The van der Waals surface area contributed by atoms with Gasteiger partial charge in [-0.25, -0.2) is 0 Å². The summed E-state index contributed by atoms with van der Waals surface area (Å²) < 4.78 is 0. The van der Waals surface area contributed by atoms with E-state index in [1.165, 1.54) is 49.7 Å². The minimum absolute atomic E-state index is 0.648. The summed E-state index contributed by atoms with van der Waals surface area (Å²) in [7, 11) is 0. The van der Waals surface area contributed by atoms with Gasteiger partial charge in [0, 0.05) is 6.04 Å². The highest BCUT2D eigenvalue weighted by atomic mass is 14.9. The van der Waals surface area contributed by atoms with E-state index in [9.17, 15) is 0 Å². The van der Waals surface area contributed by atoms with Gasteiger partial charge in [-0.1, -0.05) is 70.7 Å². The fraction of sp³-hybridized carbons (Fsp3) is 0.667. The molecule has 0 aliphatic rings. The highest BCUT2D eigenvalue weighted by molar-refractivity contribution is 5.23. The predicted octanol–water partition coefficient (Wildman–Crippen LogP) is 4.74. The van der Waals surface area contributed by atoms with Crippen LogP contribution in [0.15, 0.2) is 24.3 Å². The smallest absolute Gasteiger partial charge is 0.0107 e. The summed E-state index contributed by atoms with van der Waals surface area (Å²) in [6.45, 7) is 7.77. The lowest BCUT2D eigenvalue weighted by Crippen LogP contribution is -2.30. The highest BCUT2D eigenvalue weighted by Gasteiger charge is 2.08. The van der Waals surface area contributed by atoms with Crippen molar-refractivity contribution >= 4 is 0 Å². The van der Waals surface area contributed by atoms with Gasteiger partial charge in [-0.05, 0) is 36.9 Å². The molecule has 0 heterocycles. The van der Waals surface area contributed by atoms with Crippen LogP contribution in [0.25, 0.3) is 0 Å². The third kappa shape index (κ3) is 6.77. The second kappa shape index (κ2) is 10.0. The summed E-state index contributed by atoms with van der Waals surface area (Å²) in [6, 6.07) is 9.80. The Kier molecular flexibility index (Phi) is 8.57. The Morgan fingerprint density at radius 2 is 1.58 bits per heavy atom. The van der Waals surface area contributed by atoms with Gasteiger partial charge in [0.05, 0.1) is 0 Å². The van der Waals surface area contributed by atoms with E-state index in [2.05, 4.69) is 50.4 Å². The van der Waals surface area contributed by atoms with Crippen LogP contribution in [0.5, 0.6) is 0 Å². The Balaban J connectivity index is 2.42. The number of hydrogen-bond acceptors (Lipinski definition) is 1. The van der Waals surface area contributed by atoms with Crippen molar-refractivity contribution in [2.45, 2.75) is 71.8 Å². The summed E-state index contributed by atoms with van der Waals surface area (Å²) in [4.78, 5) is 0. The summed E-state index contributed by atoms with van der Waals surface area (Å²) >= 11 is 0. The van der Waals surface area contributed by atoms with E-state index >= 15 is 0 Å². The molecule has 1 aromatic carbocycles. The average molecular weight is 261 g/mol.